The maximum atomic E-state index is 12.3. The van der Waals surface area contributed by atoms with E-state index in [4.69, 9.17) is 9.47 Å². The molecule has 0 saturated carbocycles. The van der Waals surface area contributed by atoms with Gasteiger partial charge in [0.1, 0.15) is 10.0 Å². The minimum atomic E-state index is -0.357. The normalized spacial score (nSPS) is 12.0. The van der Waals surface area contributed by atoms with E-state index in [1.807, 2.05) is 25.1 Å². The van der Waals surface area contributed by atoms with Crippen molar-refractivity contribution < 1.29 is 19.1 Å². The van der Waals surface area contributed by atoms with Crippen molar-refractivity contribution in [3.63, 3.8) is 0 Å². The standard InChI is InChI=1S/C19H20N6O4S2/c1-2-15-22-25-19(31-15)21-17(27)18-24-23-16(30-18)5-3-4-14(26)20-9-11-6-7-12-13(8-11)29-10-28-12/h6-8H,2-5,9-10H2,1H3,(H,20,26)(H,21,25,27). The molecule has 1 aliphatic rings. The molecular weight excluding hydrogens is 440 g/mol. The second kappa shape index (κ2) is 9.79. The smallest absolute Gasteiger partial charge is 0.288 e. The summed E-state index contributed by atoms with van der Waals surface area (Å²) in [7, 11) is 0. The molecule has 12 heteroatoms. The number of hydrogen-bond acceptors (Lipinski definition) is 10. The van der Waals surface area contributed by atoms with Crippen LogP contribution in [0.1, 0.15) is 45.1 Å². The summed E-state index contributed by atoms with van der Waals surface area (Å²) in [6.45, 7) is 2.62. The number of nitrogens with one attached hydrogen (secondary N) is 2. The molecule has 0 saturated heterocycles. The summed E-state index contributed by atoms with van der Waals surface area (Å²) < 4.78 is 10.6. The molecule has 10 nitrogen and oxygen atoms in total. The van der Waals surface area contributed by atoms with Gasteiger partial charge in [-0.25, -0.2) is 0 Å². The van der Waals surface area contributed by atoms with Crippen molar-refractivity contribution in [2.24, 2.45) is 0 Å². The molecule has 0 radical (unpaired) electrons. The second-order valence-corrected chi connectivity index (χ2v) is 8.75. The molecule has 0 unspecified atom stereocenters. The van der Waals surface area contributed by atoms with E-state index < -0.39 is 0 Å². The van der Waals surface area contributed by atoms with E-state index in [0.29, 0.717) is 47.4 Å². The highest BCUT2D eigenvalue weighted by atomic mass is 32.1. The first-order valence-electron chi connectivity index (χ1n) is 9.72. The zero-order valence-corrected chi connectivity index (χ0v) is 18.3. The van der Waals surface area contributed by atoms with Gasteiger partial charge in [-0.05, 0) is 30.5 Å². The van der Waals surface area contributed by atoms with Crippen molar-refractivity contribution in [3.8, 4) is 11.5 Å². The summed E-state index contributed by atoms with van der Waals surface area (Å²) in [4.78, 5) is 24.4. The third-order valence-corrected chi connectivity index (χ3v) is 6.34. The molecule has 0 fully saturated rings. The summed E-state index contributed by atoms with van der Waals surface area (Å²) in [6.07, 6.45) is 2.30. The fourth-order valence-electron chi connectivity index (χ4n) is 2.78. The topological polar surface area (TPSA) is 128 Å². The number of anilines is 1. The lowest BCUT2D eigenvalue weighted by atomic mass is 10.2. The number of carbonyl (C=O) groups excluding carboxylic acids is 2. The molecule has 1 aliphatic heterocycles. The van der Waals surface area contributed by atoms with Gasteiger partial charge in [-0.1, -0.05) is 35.7 Å². The van der Waals surface area contributed by atoms with Crippen molar-refractivity contribution >= 4 is 39.6 Å². The Bertz CT molecular complexity index is 1080. The Kier molecular flexibility index (Phi) is 6.67. The number of ether oxygens (including phenoxy) is 2. The summed E-state index contributed by atoms with van der Waals surface area (Å²) in [5.41, 5.74) is 0.943. The van der Waals surface area contributed by atoms with E-state index in [-0.39, 0.29) is 23.6 Å². The maximum Gasteiger partial charge on any atom is 0.288 e. The molecule has 0 bridgehead atoms. The van der Waals surface area contributed by atoms with Crippen LogP contribution in [0.4, 0.5) is 5.13 Å². The quantitative estimate of drug-likeness (QED) is 0.499. The minimum absolute atomic E-state index is 0.0526. The largest absolute Gasteiger partial charge is 0.454 e. The van der Waals surface area contributed by atoms with E-state index in [2.05, 4.69) is 31.0 Å². The number of hydrogen-bond donors (Lipinski definition) is 2. The van der Waals surface area contributed by atoms with Crippen molar-refractivity contribution in [2.75, 3.05) is 12.1 Å². The Balaban J connectivity index is 1.19. The number of amides is 2. The molecule has 2 N–H and O–H groups in total. The van der Waals surface area contributed by atoms with Gasteiger partial charge in [0.15, 0.2) is 11.5 Å². The van der Waals surface area contributed by atoms with Gasteiger partial charge in [-0.2, -0.15) is 0 Å². The lowest BCUT2D eigenvalue weighted by Gasteiger charge is -2.06. The van der Waals surface area contributed by atoms with E-state index in [1.165, 1.54) is 22.7 Å². The number of benzene rings is 1. The predicted molar refractivity (Wildman–Crippen MR) is 114 cm³/mol. The molecule has 2 aromatic heterocycles. The summed E-state index contributed by atoms with van der Waals surface area (Å²) in [5, 5.41) is 23.7. The van der Waals surface area contributed by atoms with Gasteiger partial charge in [0, 0.05) is 19.4 Å². The fraction of sp³-hybridized carbons (Fsp3) is 0.368. The first-order chi connectivity index (χ1) is 15.1. The Morgan fingerprint density at radius 1 is 1.06 bits per heavy atom. The van der Waals surface area contributed by atoms with Crippen LogP contribution in [0.15, 0.2) is 18.2 Å². The average Bonchev–Trinajstić information content (AvgIpc) is 3.52. The van der Waals surface area contributed by atoms with Gasteiger partial charge in [-0.3, -0.25) is 14.9 Å². The van der Waals surface area contributed by atoms with Crippen LogP contribution in [0.5, 0.6) is 11.5 Å². The molecule has 2 amide bonds. The van der Waals surface area contributed by atoms with Crippen LogP contribution >= 0.6 is 22.7 Å². The van der Waals surface area contributed by atoms with Crippen molar-refractivity contribution in [1.82, 2.24) is 25.7 Å². The molecule has 3 heterocycles. The lowest BCUT2D eigenvalue weighted by molar-refractivity contribution is -0.121. The van der Waals surface area contributed by atoms with Crippen LogP contribution in [0.2, 0.25) is 0 Å². The molecule has 0 spiro atoms. The van der Waals surface area contributed by atoms with Gasteiger partial charge in [0.25, 0.3) is 5.91 Å². The highest BCUT2D eigenvalue weighted by Gasteiger charge is 2.16. The Morgan fingerprint density at radius 3 is 2.74 bits per heavy atom. The number of aryl methyl sites for hydroxylation is 2. The number of nitrogens with zero attached hydrogens (tertiary/aromatic N) is 4. The first kappa shape index (κ1) is 21.1. The summed E-state index contributed by atoms with van der Waals surface area (Å²) in [6, 6.07) is 5.59. The Morgan fingerprint density at radius 2 is 1.90 bits per heavy atom. The molecule has 31 heavy (non-hydrogen) atoms. The van der Waals surface area contributed by atoms with Gasteiger partial charge in [0.05, 0.1) is 0 Å². The van der Waals surface area contributed by atoms with Crippen LogP contribution in [0, 0.1) is 0 Å². The monoisotopic (exact) mass is 460 g/mol. The van der Waals surface area contributed by atoms with Crippen molar-refractivity contribution in [3.05, 3.63) is 38.8 Å². The molecule has 3 aromatic rings. The zero-order valence-electron chi connectivity index (χ0n) is 16.7. The van der Waals surface area contributed by atoms with Crippen LogP contribution in [-0.2, 0) is 24.2 Å². The predicted octanol–water partition coefficient (Wildman–Crippen LogP) is 2.57. The molecule has 1 aromatic carbocycles. The molecular formula is C19H20N6O4S2. The Labute approximate surface area is 186 Å². The maximum absolute atomic E-state index is 12.3. The summed E-state index contributed by atoms with van der Waals surface area (Å²) >= 11 is 2.54. The molecule has 4 rings (SSSR count). The number of rotatable bonds is 9. The van der Waals surface area contributed by atoms with E-state index in [0.717, 1.165) is 17.0 Å². The van der Waals surface area contributed by atoms with Crippen molar-refractivity contribution in [2.45, 2.75) is 39.2 Å². The van der Waals surface area contributed by atoms with Crippen LogP contribution in [0.25, 0.3) is 0 Å². The number of carbonyl (C=O) groups is 2. The summed E-state index contributed by atoms with van der Waals surface area (Å²) in [5.74, 6) is 1.00. The first-order valence-corrected chi connectivity index (χ1v) is 11.4. The van der Waals surface area contributed by atoms with E-state index in [1.54, 1.807) is 0 Å². The molecule has 0 aliphatic carbocycles. The highest BCUT2D eigenvalue weighted by molar-refractivity contribution is 7.16. The third-order valence-electron chi connectivity index (χ3n) is 4.37. The SMILES string of the molecule is CCc1nnc(NC(=O)c2nnc(CCCC(=O)NCc3ccc4c(c3)OCO4)s2)s1. The van der Waals surface area contributed by atoms with Gasteiger partial charge >= 0.3 is 0 Å². The van der Waals surface area contributed by atoms with Crippen LogP contribution in [0.3, 0.4) is 0 Å². The molecule has 0 atom stereocenters. The number of fused-ring (bicyclic) bond motifs is 1. The van der Waals surface area contributed by atoms with E-state index in [9.17, 15) is 9.59 Å². The lowest BCUT2D eigenvalue weighted by Crippen LogP contribution is -2.22. The zero-order chi connectivity index (χ0) is 21.6. The Hall–Kier alpha value is -3.12. The fourth-order valence-corrected chi connectivity index (χ4v) is 4.24. The van der Waals surface area contributed by atoms with Gasteiger partial charge < -0.3 is 14.8 Å². The highest BCUT2D eigenvalue weighted by Crippen LogP contribution is 2.32. The van der Waals surface area contributed by atoms with Gasteiger partial charge in [-0.15, -0.1) is 20.4 Å². The van der Waals surface area contributed by atoms with E-state index >= 15 is 0 Å². The molecule has 162 valence electrons. The van der Waals surface area contributed by atoms with Crippen LogP contribution < -0.4 is 20.1 Å². The average molecular weight is 461 g/mol. The third kappa shape index (κ3) is 5.52. The van der Waals surface area contributed by atoms with Gasteiger partial charge in [0.2, 0.25) is 22.8 Å². The minimum Gasteiger partial charge on any atom is -0.454 e. The number of aromatic nitrogens is 4. The van der Waals surface area contributed by atoms with Crippen molar-refractivity contribution in [1.29, 1.82) is 0 Å². The van der Waals surface area contributed by atoms with Crippen LogP contribution in [-0.4, -0.2) is 39.0 Å². The second-order valence-electron chi connectivity index (χ2n) is 6.63.